The van der Waals surface area contributed by atoms with Crippen molar-refractivity contribution >= 4 is 0 Å². The predicted molar refractivity (Wildman–Crippen MR) is 38.4 cm³/mol. The van der Waals surface area contributed by atoms with E-state index in [0.717, 1.165) is 0 Å². The minimum Gasteiger partial charge on any atom is -0.390 e. The van der Waals surface area contributed by atoms with Crippen LogP contribution in [0, 0.1) is 0 Å². The molecule has 0 amide bonds. The van der Waals surface area contributed by atoms with Gasteiger partial charge in [0.1, 0.15) is 0 Å². The Bertz CT molecular complexity index is 274. The summed E-state index contributed by atoms with van der Waals surface area (Å²) >= 11 is 0. The third kappa shape index (κ3) is 1.19. The molecule has 1 fully saturated rings. The standard InChI is InChI=1S/C6H10N4O2/c1-10-8-6(7-9-10)4-2-12-3-5(4)11/h4-5,11H,2-3H2,1H3. The van der Waals surface area contributed by atoms with Crippen molar-refractivity contribution in [2.75, 3.05) is 13.2 Å². The van der Waals surface area contributed by atoms with Crippen molar-refractivity contribution < 1.29 is 9.84 Å². The molecule has 2 rings (SSSR count). The topological polar surface area (TPSA) is 73.1 Å². The zero-order chi connectivity index (χ0) is 8.55. The van der Waals surface area contributed by atoms with Gasteiger partial charge in [0.25, 0.3) is 0 Å². The molecule has 1 saturated heterocycles. The first-order valence-corrected chi connectivity index (χ1v) is 3.77. The maximum Gasteiger partial charge on any atom is 0.182 e. The van der Waals surface area contributed by atoms with Gasteiger partial charge >= 0.3 is 0 Å². The van der Waals surface area contributed by atoms with Crippen molar-refractivity contribution in [2.45, 2.75) is 12.0 Å². The number of rotatable bonds is 1. The normalized spacial score (nSPS) is 29.5. The summed E-state index contributed by atoms with van der Waals surface area (Å²) in [5.41, 5.74) is 0. The highest BCUT2D eigenvalue weighted by Crippen LogP contribution is 2.21. The number of aryl methyl sites for hydroxylation is 1. The minimum atomic E-state index is -0.491. The Morgan fingerprint density at radius 1 is 1.58 bits per heavy atom. The lowest BCUT2D eigenvalue weighted by atomic mass is 10.1. The maximum absolute atomic E-state index is 9.41. The third-order valence-corrected chi connectivity index (χ3v) is 1.91. The molecule has 1 aromatic heterocycles. The Kier molecular flexibility index (Phi) is 1.78. The molecule has 2 unspecified atom stereocenters. The lowest BCUT2D eigenvalue weighted by Crippen LogP contribution is -2.17. The third-order valence-electron chi connectivity index (χ3n) is 1.91. The number of hydrogen-bond donors (Lipinski definition) is 1. The second-order valence-electron chi connectivity index (χ2n) is 2.85. The average molecular weight is 170 g/mol. The van der Waals surface area contributed by atoms with Crippen LogP contribution in [0.4, 0.5) is 0 Å². The van der Waals surface area contributed by atoms with Crippen LogP contribution in [0.2, 0.25) is 0 Å². The van der Waals surface area contributed by atoms with Gasteiger partial charge in [-0.3, -0.25) is 0 Å². The molecule has 2 heterocycles. The van der Waals surface area contributed by atoms with Crippen LogP contribution in [0.25, 0.3) is 0 Å². The van der Waals surface area contributed by atoms with Gasteiger partial charge in [0.2, 0.25) is 0 Å². The molecule has 6 heteroatoms. The molecule has 6 nitrogen and oxygen atoms in total. The Hall–Kier alpha value is -1.01. The summed E-state index contributed by atoms with van der Waals surface area (Å²) in [7, 11) is 1.69. The fourth-order valence-corrected chi connectivity index (χ4v) is 1.24. The fraction of sp³-hybridized carbons (Fsp3) is 0.833. The first-order valence-electron chi connectivity index (χ1n) is 3.77. The zero-order valence-corrected chi connectivity index (χ0v) is 6.71. The highest BCUT2D eigenvalue weighted by molar-refractivity contribution is 4.98. The van der Waals surface area contributed by atoms with E-state index in [1.807, 2.05) is 0 Å². The van der Waals surface area contributed by atoms with Gasteiger partial charge in [0.15, 0.2) is 5.82 Å². The smallest absolute Gasteiger partial charge is 0.182 e. The molecule has 0 aliphatic carbocycles. The van der Waals surface area contributed by atoms with Crippen LogP contribution >= 0.6 is 0 Å². The highest BCUT2D eigenvalue weighted by Gasteiger charge is 2.31. The number of ether oxygens (including phenoxy) is 1. The van der Waals surface area contributed by atoms with Gasteiger partial charge < -0.3 is 9.84 Å². The van der Waals surface area contributed by atoms with Crippen molar-refractivity contribution in [3.8, 4) is 0 Å². The molecule has 1 aliphatic rings. The van der Waals surface area contributed by atoms with E-state index < -0.39 is 6.10 Å². The van der Waals surface area contributed by atoms with Crippen molar-refractivity contribution in [1.29, 1.82) is 0 Å². The summed E-state index contributed by atoms with van der Waals surface area (Å²) in [5.74, 6) is 0.446. The summed E-state index contributed by atoms with van der Waals surface area (Å²) in [4.78, 5) is 1.38. The van der Waals surface area contributed by atoms with E-state index in [0.29, 0.717) is 19.0 Å². The molecular formula is C6H10N4O2. The minimum absolute atomic E-state index is 0.112. The Labute approximate surface area is 69.1 Å². The van der Waals surface area contributed by atoms with E-state index in [1.54, 1.807) is 7.05 Å². The second kappa shape index (κ2) is 2.80. The molecule has 1 N–H and O–H groups in total. The van der Waals surface area contributed by atoms with E-state index in [1.165, 1.54) is 4.80 Å². The average Bonchev–Trinajstić information content (AvgIpc) is 2.58. The number of hydrogen-bond acceptors (Lipinski definition) is 5. The molecule has 12 heavy (non-hydrogen) atoms. The SMILES string of the molecule is Cn1nnc(C2COCC2O)n1. The van der Waals surface area contributed by atoms with E-state index in [9.17, 15) is 5.11 Å². The summed E-state index contributed by atoms with van der Waals surface area (Å²) < 4.78 is 5.07. The van der Waals surface area contributed by atoms with Crippen LogP contribution in [-0.4, -0.2) is 44.6 Å². The molecule has 1 aliphatic heterocycles. The first kappa shape index (κ1) is 7.63. The summed E-state index contributed by atoms with van der Waals surface area (Å²) in [5, 5.41) is 20.9. The molecule has 0 bridgehead atoms. The molecule has 0 spiro atoms. The predicted octanol–water partition coefficient (Wildman–Crippen LogP) is -1.32. The van der Waals surface area contributed by atoms with Crippen LogP contribution in [0.1, 0.15) is 11.7 Å². The van der Waals surface area contributed by atoms with Gasteiger partial charge in [-0.25, -0.2) is 0 Å². The van der Waals surface area contributed by atoms with Crippen LogP contribution < -0.4 is 0 Å². The van der Waals surface area contributed by atoms with Gasteiger partial charge in [-0.2, -0.15) is 4.80 Å². The monoisotopic (exact) mass is 170 g/mol. The molecule has 0 aromatic carbocycles. The summed E-state index contributed by atoms with van der Waals surface area (Å²) in [6, 6.07) is 0. The second-order valence-corrected chi connectivity index (χ2v) is 2.85. The van der Waals surface area contributed by atoms with Gasteiger partial charge in [-0.15, -0.1) is 10.2 Å². The Morgan fingerprint density at radius 3 is 2.92 bits per heavy atom. The first-order chi connectivity index (χ1) is 5.77. The van der Waals surface area contributed by atoms with Crippen LogP contribution in [0.3, 0.4) is 0 Å². The van der Waals surface area contributed by atoms with Crippen molar-refractivity contribution in [2.24, 2.45) is 7.05 Å². The molecule has 2 atom stereocenters. The van der Waals surface area contributed by atoms with Crippen molar-refractivity contribution in [3.63, 3.8) is 0 Å². The van der Waals surface area contributed by atoms with E-state index >= 15 is 0 Å². The quantitative estimate of drug-likeness (QED) is 0.566. The summed E-state index contributed by atoms with van der Waals surface area (Å²) in [6.45, 7) is 0.843. The van der Waals surface area contributed by atoms with Gasteiger partial charge in [0.05, 0.1) is 32.3 Å². The Balaban J connectivity index is 2.19. The molecule has 0 saturated carbocycles. The Morgan fingerprint density at radius 2 is 2.42 bits per heavy atom. The lowest BCUT2D eigenvalue weighted by Gasteiger charge is -2.05. The lowest BCUT2D eigenvalue weighted by molar-refractivity contribution is 0.124. The van der Waals surface area contributed by atoms with Gasteiger partial charge in [-0.1, -0.05) is 0 Å². The van der Waals surface area contributed by atoms with Crippen molar-refractivity contribution in [3.05, 3.63) is 5.82 Å². The van der Waals surface area contributed by atoms with E-state index in [2.05, 4.69) is 15.4 Å². The molecule has 0 radical (unpaired) electrons. The van der Waals surface area contributed by atoms with Gasteiger partial charge in [-0.05, 0) is 5.21 Å². The van der Waals surface area contributed by atoms with Crippen LogP contribution in [0.5, 0.6) is 0 Å². The zero-order valence-electron chi connectivity index (χ0n) is 6.71. The largest absolute Gasteiger partial charge is 0.390 e. The van der Waals surface area contributed by atoms with Crippen molar-refractivity contribution in [1.82, 2.24) is 20.2 Å². The number of aliphatic hydroxyl groups is 1. The fourth-order valence-electron chi connectivity index (χ4n) is 1.24. The number of aromatic nitrogens is 4. The molecular weight excluding hydrogens is 160 g/mol. The molecule has 1 aromatic rings. The summed E-state index contributed by atoms with van der Waals surface area (Å²) in [6.07, 6.45) is -0.491. The number of nitrogens with zero attached hydrogens (tertiary/aromatic N) is 4. The van der Waals surface area contributed by atoms with E-state index in [-0.39, 0.29) is 5.92 Å². The van der Waals surface area contributed by atoms with Crippen LogP contribution in [0.15, 0.2) is 0 Å². The molecule has 66 valence electrons. The number of tetrazole rings is 1. The van der Waals surface area contributed by atoms with Gasteiger partial charge in [0, 0.05) is 0 Å². The maximum atomic E-state index is 9.41. The van der Waals surface area contributed by atoms with Crippen LogP contribution in [-0.2, 0) is 11.8 Å². The highest BCUT2D eigenvalue weighted by atomic mass is 16.5. The van der Waals surface area contributed by atoms with E-state index in [4.69, 9.17) is 4.74 Å². The number of aliphatic hydroxyl groups excluding tert-OH is 1.